The molecule has 0 aromatic heterocycles. The zero-order valence-corrected chi connectivity index (χ0v) is 12.2. The first-order valence-corrected chi connectivity index (χ1v) is 7.49. The van der Waals surface area contributed by atoms with Crippen LogP contribution in [0.3, 0.4) is 0 Å². The Morgan fingerprint density at radius 2 is 2.33 bits per heavy atom. The molecule has 0 aromatic rings. The molecule has 2 saturated heterocycles. The minimum Gasteiger partial charge on any atom is -0.374 e. The molecule has 0 aromatic carbocycles. The molecule has 18 heavy (non-hydrogen) atoms. The first-order chi connectivity index (χ1) is 8.72. The molecule has 4 heteroatoms. The second kappa shape index (κ2) is 6.85. The van der Waals surface area contributed by atoms with Gasteiger partial charge in [0, 0.05) is 31.7 Å². The third kappa shape index (κ3) is 3.44. The van der Waals surface area contributed by atoms with Crippen molar-refractivity contribution in [1.82, 2.24) is 15.1 Å². The third-order valence-electron chi connectivity index (χ3n) is 4.59. The fourth-order valence-corrected chi connectivity index (χ4v) is 3.20. The molecular weight excluding hydrogens is 226 g/mol. The van der Waals surface area contributed by atoms with E-state index in [1.165, 1.54) is 32.5 Å². The van der Waals surface area contributed by atoms with Crippen LogP contribution in [0.1, 0.15) is 26.7 Å². The molecule has 2 fully saturated rings. The first-order valence-electron chi connectivity index (χ1n) is 7.49. The average Bonchev–Trinajstić information content (AvgIpc) is 2.86. The van der Waals surface area contributed by atoms with E-state index in [4.69, 9.17) is 4.74 Å². The summed E-state index contributed by atoms with van der Waals surface area (Å²) < 4.78 is 5.86. The minimum atomic E-state index is 0.347. The number of ether oxygens (including phenoxy) is 1. The van der Waals surface area contributed by atoms with Crippen molar-refractivity contribution < 1.29 is 4.74 Å². The third-order valence-corrected chi connectivity index (χ3v) is 4.59. The predicted molar refractivity (Wildman–Crippen MR) is 75.0 cm³/mol. The van der Waals surface area contributed by atoms with Crippen LogP contribution in [-0.4, -0.2) is 74.4 Å². The molecule has 0 spiro atoms. The van der Waals surface area contributed by atoms with Crippen LogP contribution in [0.25, 0.3) is 0 Å². The highest BCUT2D eigenvalue weighted by molar-refractivity contribution is 4.85. The quantitative estimate of drug-likeness (QED) is 0.786. The van der Waals surface area contributed by atoms with Crippen molar-refractivity contribution in [3.8, 4) is 0 Å². The van der Waals surface area contributed by atoms with Gasteiger partial charge >= 0.3 is 0 Å². The van der Waals surface area contributed by atoms with Crippen LogP contribution in [0.2, 0.25) is 0 Å². The van der Waals surface area contributed by atoms with E-state index < -0.39 is 0 Å². The zero-order chi connectivity index (χ0) is 13.0. The maximum atomic E-state index is 5.86. The molecule has 0 amide bonds. The van der Waals surface area contributed by atoms with Crippen molar-refractivity contribution in [1.29, 1.82) is 0 Å². The summed E-state index contributed by atoms with van der Waals surface area (Å²) in [6, 6.07) is 1.25. The molecular formula is C14H29N3O. The summed E-state index contributed by atoms with van der Waals surface area (Å²) >= 11 is 0. The summed E-state index contributed by atoms with van der Waals surface area (Å²) in [6.45, 7) is 11.1. The fraction of sp³-hybridized carbons (Fsp3) is 1.00. The van der Waals surface area contributed by atoms with Crippen molar-refractivity contribution >= 4 is 0 Å². The molecule has 0 radical (unpaired) electrons. The molecule has 0 aliphatic carbocycles. The summed E-state index contributed by atoms with van der Waals surface area (Å²) in [5.74, 6) is 0. The molecule has 3 unspecified atom stereocenters. The molecule has 2 aliphatic rings. The van der Waals surface area contributed by atoms with E-state index in [9.17, 15) is 0 Å². The van der Waals surface area contributed by atoms with Gasteiger partial charge in [-0.15, -0.1) is 0 Å². The van der Waals surface area contributed by atoms with E-state index >= 15 is 0 Å². The van der Waals surface area contributed by atoms with Crippen molar-refractivity contribution in [2.75, 3.05) is 46.4 Å². The van der Waals surface area contributed by atoms with Crippen LogP contribution in [0.15, 0.2) is 0 Å². The lowest BCUT2D eigenvalue weighted by molar-refractivity contribution is -0.0238. The van der Waals surface area contributed by atoms with E-state index in [1.54, 1.807) is 0 Å². The SMILES string of the molecule is CCN1CCCC1CN(C)C(C)C1CNCCO1. The normalized spacial score (nSPS) is 32.0. The summed E-state index contributed by atoms with van der Waals surface area (Å²) in [4.78, 5) is 5.10. The highest BCUT2D eigenvalue weighted by Crippen LogP contribution is 2.19. The van der Waals surface area contributed by atoms with Gasteiger partial charge in [-0.25, -0.2) is 0 Å². The predicted octanol–water partition coefficient (Wildman–Crippen LogP) is 0.779. The van der Waals surface area contributed by atoms with Crippen LogP contribution >= 0.6 is 0 Å². The lowest BCUT2D eigenvalue weighted by Crippen LogP contribution is -2.52. The number of morpholine rings is 1. The van der Waals surface area contributed by atoms with Crippen LogP contribution in [0.4, 0.5) is 0 Å². The van der Waals surface area contributed by atoms with Gasteiger partial charge in [0.1, 0.15) is 0 Å². The Balaban J connectivity index is 1.80. The average molecular weight is 255 g/mol. The highest BCUT2D eigenvalue weighted by atomic mass is 16.5. The van der Waals surface area contributed by atoms with Gasteiger partial charge in [0.05, 0.1) is 12.7 Å². The Morgan fingerprint density at radius 3 is 3.00 bits per heavy atom. The van der Waals surface area contributed by atoms with Gasteiger partial charge in [0.15, 0.2) is 0 Å². The maximum Gasteiger partial charge on any atom is 0.0852 e. The molecule has 2 heterocycles. The zero-order valence-electron chi connectivity index (χ0n) is 12.2. The number of likely N-dealkylation sites (tertiary alicyclic amines) is 1. The Hall–Kier alpha value is -0.160. The van der Waals surface area contributed by atoms with Gasteiger partial charge in [-0.2, -0.15) is 0 Å². The molecule has 4 nitrogen and oxygen atoms in total. The van der Waals surface area contributed by atoms with Crippen molar-refractivity contribution in [2.24, 2.45) is 0 Å². The lowest BCUT2D eigenvalue weighted by atomic mass is 10.1. The number of nitrogens with one attached hydrogen (secondary N) is 1. The summed E-state index contributed by atoms with van der Waals surface area (Å²) in [5.41, 5.74) is 0. The largest absolute Gasteiger partial charge is 0.374 e. The fourth-order valence-electron chi connectivity index (χ4n) is 3.20. The Bertz CT molecular complexity index is 243. The lowest BCUT2D eigenvalue weighted by Gasteiger charge is -2.37. The summed E-state index contributed by atoms with van der Waals surface area (Å²) in [7, 11) is 2.24. The Labute approximate surface area is 112 Å². The van der Waals surface area contributed by atoms with E-state index in [0.29, 0.717) is 12.1 Å². The Morgan fingerprint density at radius 1 is 1.50 bits per heavy atom. The minimum absolute atomic E-state index is 0.347. The number of nitrogens with zero attached hydrogens (tertiary/aromatic N) is 2. The standard InChI is InChI=1S/C14H29N3O/c1-4-17-8-5-6-13(17)11-16(3)12(2)14-10-15-7-9-18-14/h12-15H,4-11H2,1-3H3. The number of hydrogen-bond donors (Lipinski definition) is 1. The van der Waals surface area contributed by atoms with Crippen LogP contribution in [0, 0.1) is 0 Å². The topological polar surface area (TPSA) is 27.7 Å². The maximum absolute atomic E-state index is 5.86. The molecule has 2 rings (SSSR count). The first kappa shape index (κ1) is 14.3. The van der Waals surface area contributed by atoms with Gasteiger partial charge < -0.3 is 10.1 Å². The summed E-state index contributed by atoms with van der Waals surface area (Å²) in [6.07, 6.45) is 3.07. The van der Waals surface area contributed by atoms with Crippen molar-refractivity contribution in [3.05, 3.63) is 0 Å². The van der Waals surface area contributed by atoms with Crippen LogP contribution in [0.5, 0.6) is 0 Å². The molecule has 106 valence electrons. The van der Waals surface area contributed by atoms with Gasteiger partial charge in [-0.3, -0.25) is 9.80 Å². The number of rotatable bonds is 5. The highest BCUT2D eigenvalue weighted by Gasteiger charge is 2.29. The monoisotopic (exact) mass is 255 g/mol. The van der Waals surface area contributed by atoms with E-state index in [2.05, 4.69) is 36.0 Å². The number of likely N-dealkylation sites (N-methyl/N-ethyl adjacent to an activating group) is 2. The molecule has 0 saturated carbocycles. The van der Waals surface area contributed by atoms with Gasteiger partial charge in [-0.05, 0) is 39.9 Å². The van der Waals surface area contributed by atoms with Gasteiger partial charge in [0.25, 0.3) is 0 Å². The number of hydrogen-bond acceptors (Lipinski definition) is 4. The van der Waals surface area contributed by atoms with Crippen molar-refractivity contribution in [3.63, 3.8) is 0 Å². The van der Waals surface area contributed by atoms with Crippen LogP contribution in [-0.2, 0) is 4.74 Å². The molecule has 2 aliphatic heterocycles. The second-order valence-electron chi connectivity index (χ2n) is 5.72. The molecule has 1 N–H and O–H groups in total. The van der Waals surface area contributed by atoms with Crippen molar-refractivity contribution in [2.45, 2.75) is 44.9 Å². The van der Waals surface area contributed by atoms with Crippen LogP contribution < -0.4 is 5.32 Å². The van der Waals surface area contributed by atoms with Gasteiger partial charge in [-0.1, -0.05) is 6.92 Å². The molecule has 3 atom stereocenters. The smallest absolute Gasteiger partial charge is 0.0852 e. The Kier molecular flexibility index (Phi) is 5.42. The van der Waals surface area contributed by atoms with E-state index in [-0.39, 0.29) is 0 Å². The second-order valence-corrected chi connectivity index (χ2v) is 5.72. The van der Waals surface area contributed by atoms with Gasteiger partial charge in [0.2, 0.25) is 0 Å². The van der Waals surface area contributed by atoms with E-state index in [0.717, 1.165) is 25.7 Å². The molecule has 0 bridgehead atoms. The summed E-state index contributed by atoms with van der Waals surface area (Å²) in [5, 5.41) is 3.42. The van der Waals surface area contributed by atoms with E-state index in [1.807, 2.05) is 0 Å².